The molecule has 0 saturated heterocycles. The SMILES string of the molecule is CC(C)c1cc(C(C)C)c(-c2ccccc2S)c(C(C)C)c1. The molecule has 0 nitrogen and oxygen atoms in total. The lowest BCUT2D eigenvalue weighted by Gasteiger charge is -2.24. The van der Waals surface area contributed by atoms with Crippen LogP contribution in [0.5, 0.6) is 0 Å². The molecule has 0 aliphatic heterocycles. The summed E-state index contributed by atoms with van der Waals surface area (Å²) < 4.78 is 0. The number of benzene rings is 2. The summed E-state index contributed by atoms with van der Waals surface area (Å²) in [5.41, 5.74) is 6.97. The monoisotopic (exact) mass is 312 g/mol. The van der Waals surface area contributed by atoms with Crippen LogP contribution >= 0.6 is 12.6 Å². The minimum Gasteiger partial charge on any atom is -0.143 e. The number of hydrogen-bond acceptors (Lipinski definition) is 1. The third-order valence-electron chi connectivity index (χ3n) is 4.31. The van der Waals surface area contributed by atoms with Crippen molar-refractivity contribution >= 4 is 12.6 Å². The van der Waals surface area contributed by atoms with Crippen LogP contribution < -0.4 is 0 Å². The maximum absolute atomic E-state index is 4.71. The molecule has 0 amide bonds. The molecule has 0 unspecified atom stereocenters. The van der Waals surface area contributed by atoms with Gasteiger partial charge in [0, 0.05) is 4.90 Å². The first-order chi connectivity index (χ1) is 10.3. The summed E-state index contributed by atoms with van der Waals surface area (Å²) in [5.74, 6) is 1.55. The number of hydrogen-bond donors (Lipinski definition) is 1. The standard InChI is InChI=1S/C21H28S/c1-13(2)16-11-18(14(3)4)21(19(12-16)15(5)6)17-9-7-8-10-20(17)22/h7-15,22H,1-6H3. The zero-order valence-corrected chi connectivity index (χ0v) is 15.5. The molecular weight excluding hydrogens is 284 g/mol. The van der Waals surface area contributed by atoms with Gasteiger partial charge in [0.25, 0.3) is 0 Å². The highest BCUT2D eigenvalue weighted by atomic mass is 32.1. The van der Waals surface area contributed by atoms with Crippen molar-refractivity contribution < 1.29 is 0 Å². The van der Waals surface area contributed by atoms with Gasteiger partial charge >= 0.3 is 0 Å². The van der Waals surface area contributed by atoms with Crippen LogP contribution in [0, 0.1) is 0 Å². The minimum absolute atomic E-state index is 0.499. The molecule has 0 saturated carbocycles. The lowest BCUT2D eigenvalue weighted by atomic mass is 9.82. The fourth-order valence-electron chi connectivity index (χ4n) is 2.95. The van der Waals surface area contributed by atoms with Crippen LogP contribution in [0.4, 0.5) is 0 Å². The fourth-order valence-corrected chi connectivity index (χ4v) is 3.22. The Labute approximate surface area is 141 Å². The topological polar surface area (TPSA) is 0 Å². The van der Waals surface area contributed by atoms with Gasteiger partial charge in [-0.2, -0.15) is 0 Å². The Balaban J connectivity index is 2.83. The van der Waals surface area contributed by atoms with Gasteiger partial charge in [0.05, 0.1) is 0 Å². The normalized spacial score (nSPS) is 11.7. The second kappa shape index (κ2) is 6.91. The lowest BCUT2D eigenvalue weighted by molar-refractivity contribution is 0.807. The Bertz CT molecular complexity index is 622. The Morgan fingerprint density at radius 3 is 1.64 bits per heavy atom. The highest BCUT2D eigenvalue weighted by molar-refractivity contribution is 7.80. The molecule has 1 heteroatoms. The van der Waals surface area contributed by atoms with Gasteiger partial charge < -0.3 is 0 Å². The molecule has 0 heterocycles. The summed E-state index contributed by atoms with van der Waals surface area (Å²) in [6, 6.07) is 13.2. The molecule has 0 N–H and O–H groups in total. The van der Waals surface area contributed by atoms with Gasteiger partial charge in [-0.15, -0.1) is 12.6 Å². The summed E-state index contributed by atoms with van der Waals surface area (Å²) in [5, 5.41) is 0. The van der Waals surface area contributed by atoms with Gasteiger partial charge in [-0.3, -0.25) is 0 Å². The van der Waals surface area contributed by atoms with E-state index in [4.69, 9.17) is 12.6 Å². The fraction of sp³-hybridized carbons (Fsp3) is 0.429. The molecule has 118 valence electrons. The van der Waals surface area contributed by atoms with Crippen molar-refractivity contribution in [1.82, 2.24) is 0 Å². The molecule has 0 aliphatic carbocycles. The Kier molecular flexibility index (Phi) is 5.39. The molecule has 2 aromatic carbocycles. The summed E-state index contributed by atoms with van der Waals surface area (Å²) in [4.78, 5) is 1.06. The van der Waals surface area contributed by atoms with E-state index in [-0.39, 0.29) is 0 Å². The van der Waals surface area contributed by atoms with Crippen molar-refractivity contribution in [2.75, 3.05) is 0 Å². The van der Waals surface area contributed by atoms with E-state index in [9.17, 15) is 0 Å². The highest BCUT2D eigenvalue weighted by Gasteiger charge is 2.19. The van der Waals surface area contributed by atoms with Gasteiger partial charge in [0.2, 0.25) is 0 Å². The summed E-state index contributed by atoms with van der Waals surface area (Å²) in [6.07, 6.45) is 0. The third-order valence-corrected chi connectivity index (χ3v) is 4.70. The molecule has 0 atom stereocenters. The molecule has 0 spiro atoms. The molecule has 0 radical (unpaired) electrons. The van der Waals surface area contributed by atoms with Crippen molar-refractivity contribution in [1.29, 1.82) is 0 Å². The van der Waals surface area contributed by atoms with E-state index in [1.807, 2.05) is 0 Å². The summed E-state index contributed by atoms with van der Waals surface area (Å²) in [6.45, 7) is 13.7. The second-order valence-corrected chi connectivity index (χ2v) is 7.54. The van der Waals surface area contributed by atoms with Crippen LogP contribution in [0.1, 0.15) is 76.0 Å². The lowest BCUT2D eigenvalue weighted by Crippen LogP contribution is -2.04. The molecule has 0 bridgehead atoms. The van der Waals surface area contributed by atoms with Crippen molar-refractivity contribution in [3.63, 3.8) is 0 Å². The first-order valence-corrected chi connectivity index (χ1v) is 8.73. The highest BCUT2D eigenvalue weighted by Crippen LogP contribution is 2.40. The minimum atomic E-state index is 0.499. The van der Waals surface area contributed by atoms with Crippen LogP contribution in [-0.2, 0) is 0 Å². The van der Waals surface area contributed by atoms with Crippen LogP contribution in [-0.4, -0.2) is 0 Å². The average Bonchev–Trinajstić information content (AvgIpc) is 2.46. The average molecular weight is 313 g/mol. The first kappa shape index (κ1) is 17.1. The third kappa shape index (κ3) is 3.41. The Hall–Kier alpha value is -1.21. The van der Waals surface area contributed by atoms with Crippen LogP contribution in [0.25, 0.3) is 11.1 Å². The molecule has 22 heavy (non-hydrogen) atoms. The van der Waals surface area contributed by atoms with E-state index in [2.05, 4.69) is 77.9 Å². The summed E-state index contributed by atoms with van der Waals surface area (Å²) >= 11 is 4.71. The molecule has 2 aromatic rings. The Morgan fingerprint density at radius 1 is 0.727 bits per heavy atom. The van der Waals surface area contributed by atoms with Gasteiger partial charge in [-0.25, -0.2) is 0 Å². The Morgan fingerprint density at radius 2 is 1.23 bits per heavy atom. The maximum atomic E-state index is 4.71. The molecule has 0 fully saturated rings. The molecular formula is C21H28S. The zero-order valence-electron chi connectivity index (χ0n) is 14.6. The van der Waals surface area contributed by atoms with Crippen LogP contribution in [0.2, 0.25) is 0 Å². The predicted octanol–water partition coefficient (Wildman–Crippen LogP) is 7.01. The van der Waals surface area contributed by atoms with E-state index < -0.39 is 0 Å². The van der Waals surface area contributed by atoms with Gasteiger partial charge in [-0.1, -0.05) is 71.9 Å². The van der Waals surface area contributed by atoms with E-state index >= 15 is 0 Å². The van der Waals surface area contributed by atoms with Crippen molar-refractivity contribution in [3.05, 3.63) is 53.1 Å². The number of thiol groups is 1. The summed E-state index contributed by atoms with van der Waals surface area (Å²) in [7, 11) is 0. The smallest absolute Gasteiger partial charge is 0.0119 e. The van der Waals surface area contributed by atoms with Crippen molar-refractivity contribution in [2.45, 2.75) is 64.2 Å². The van der Waals surface area contributed by atoms with Gasteiger partial charge in [0.1, 0.15) is 0 Å². The maximum Gasteiger partial charge on any atom is 0.0119 e. The van der Waals surface area contributed by atoms with Gasteiger partial charge in [0.15, 0.2) is 0 Å². The van der Waals surface area contributed by atoms with E-state index in [1.165, 1.54) is 27.8 Å². The van der Waals surface area contributed by atoms with E-state index in [1.54, 1.807) is 0 Å². The van der Waals surface area contributed by atoms with Crippen LogP contribution in [0.15, 0.2) is 41.3 Å². The molecule has 0 aliphatic rings. The zero-order chi connectivity index (χ0) is 16.4. The largest absolute Gasteiger partial charge is 0.143 e. The second-order valence-electron chi connectivity index (χ2n) is 7.06. The van der Waals surface area contributed by atoms with E-state index in [0.29, 0.717) is 17.8 Å². The quantitative estimate of drug-likeness (QED) is 0.576. The number of rotatable bonds is 4. The van der Waals surface area contributed by atoms with E-state index in [0.717, 1.165) is 4.90 Å². The van der Waals surface area contributed by atoms with Crippen molar-refractivity contribution in [3.8, 4) is 11.1 Å². The molecule has 2 rings (SSSR count). The first-order valence-electron chi connectivity index (χ1n) is 8.29. The van der Waals surface area contributed by atoms with Crippen molar-refractivity contribution in [2.24, 2.45) is 0 Å². The van der Waals surface area contributed by atoms with Crippen LogP contribution in [0.3, 0.4) is 0 Å². The molecule has 0 aromatic heterocycles. The predicted molar refractivity (Wildman–Crippen MR) is 101 cm³/mol. The van der Waals surface area contributed by atoms with Gasteiger partial charge in [-0.05, 0) is 51.6 Å².